The summed E-state index contributed by atoms with van der Waals surface area (Å²) in [7, 11) is -4.25. The predicted molar refractivity (Wildman–Crippen MR) is 106 cm³/mol. The summed E-state index contributed by atoms with van der Waals surface area (Å²) in [6, 6.07) is 14.4. The number of phosphoric acid groups is 1. The lowest BCUT2D eigenvalue weighted by Crippen LogP contribution is -2.15. The van der Waals surface area contributed by atoms with Gasteiger partial charge in [-0.3, -0.25) is 4.89 Å². The average molecular weight is 376 g/mol. The maximum atomic E-state index is 12.3. The Morgan fingerprint density at radius 3 is 1.54 bits per heavy atom. The fourth-order valence-electron chi connectivity index (χ4n) is 2.47. The molecular weight excluding hydrogens is 347 g/mol. The second-order valence-corrected chi connectivity index (χ2v) is 9.49. The van der Waals surface area contributed by atoms with Crippen LogP contribution < -0.4 is 9.05 Å². The van der Waals surface area contributed by atoms with E-state index in [1.54, 1.807) is 24.3 Å². The Bertz CT molecular complexity index is 771. The van der Waals surface area contributed by atoms with Crippen LogP contribution in [0.5, 0.6) is 11.5 Å². The molecule has 0 saturated carbocycles. The van der Waals surface area contributed by atoms with Gasteiger partial charge in [-0.05, 0) is 52.6 Å². The van der Waals surface area contributed by atoms with Gasteiger partial charge in [0.15, 0.2) is 0 Å². The first-order valence-electron chi connectivity index (χ1n) is 8.86. The van der Waals surface area contributed by atoms with Crippen LogP contribution in [0, 0.1) is 0 Å². The lowest BCUT2D eigenvalue weighted by molar-refractivity contribution is 0.291. The Kier molecular flexibility index (Phi) is 5.89. The van der Waals surface area contributed by atoms with Crippen LogP contribution in [0.4, 0.5) is 0 Å². The molecule has 1 unspecified atom stereocenters. The molecule has 0 bridgehead atoms. The summed E-state index contributed by atoms with van der Waals surface area (Å²) in [6.07, 6.45) is 0.999. The Hall–Kier alpha value is -1.77. The van der Waals surface area contributed by atoms with Crippen LogP contribution in [0.25, 0.3) is 0 Å². The van der Waals surface area contributed by atoms with Gasteiger partial charge in [-0.1, -0.05) is 65.8 Å². The van der Waals surface area contributed by atoms with Crippen molar-refractivity contribution in [3.8, 4) is 11.5 Å². The summed E-state index contributed by atoms with van der Waals surface area (Å²) in [5.41, 5.74) is 2.32. The molecule has 0 radical (unpaired) electrons. The molecule has 0 amide bonds. The predicted octanol–water partition coefficient (Wildman–Crippen LogP) is 6.23. The number of hydrogen-bond acceptors (Lipinski definition) is 3. The lowest BCUT2D eigenvalue weighted by Gasteiger charge is -2.23. The van der Waals surface area contributed by atoms with Crippen LogP contribution in [0.3, 0.4) is 0 Å². The molecule has 4 nitrogen and oxygen atoms in total. The number of rotatable bonds is 6. The van der Waals surface area contributed by atoms with Crippen LogP contribution >= 0.6 is 7.82 Å². The van der Waals surface area contributed by atoms with E-state index < -0.39 is 7.82 Å². The quantitative estimate of drug-likeness (QED) is 0.607. The van der Waals surface area contributed by atoms with Crippen molar-refractivity contribution in [1.82, 2.24) is 0 Å². The van der Waals surface area contributed by atoms with E-state index in [1.165, 1.54) is 0 Å². The van der Waals surface area contributed by atoms with E-state index in [-0.39, 0.29) is 10.8 Å². The average Bonchev–Trinajstić information content (AvgIpc) is 2.54. The van der Waals surface area contributed by atoms with E-state index in [1.807, 2.05) is 24.3 Å². The molecule has 2 aromatic rings. The fourth-order valence-corrected chi connectivity index (χ4v) is 3.29. The topological polar surface area (TPSA) is 55.8 Å². The molecule has 26 heavy (non-hydrogen) atoms. The molecule has 0 fully saturated rings. The van der Waals surface area contributed by atoms with E-state index in [4.69, 9.17) is 9.05 Å². The standard InChI is InChI=1S/C21H29O4P/c1-7-21(5,6)17-10-14-19(15-11-17)25-26(22,23)24-18-12-8-16(9-13-18)20(2,3)4/h8-15H,7H2,1-6H3,(H,22,23). The van der Waals surface area contributed by atoms with Gasteiger partial charge in [0, 0.05) is 0 Å². The minimum atomic E-state index is -4.25. The summed E-state index contributed by atoms with van der Waals surface area (Å²) >= 11 is 0. The molecule has 0 heterocycles. The van der Waals surface area contributed by atoms with Crippen molar-refractivity contribution in [3.63, 3.8) is 0 Å². The van der Waals surface area contributed by atoms with Gasteiger partial charge in [0.1, 0.15) is 11.5 Å². The number of hydrogen-bond donors (Lipinski definition) is 1. The SMILES string of the molecule is CCC(C)(C)c1ccc(OP(=O)(O)Oc2ccc(C(C)(C)C)cc2)cc1. The molecule has 0 aliphatic heterocycles. The van der Waals surface area contributed by atoms with Crippen molar-refractivity contribution >= 4 is 7.82 Å². The van der Waals surface area contributed by atoms with Crippen molar-refractivity contribution in [2.45, 2.75) is 58.8 Å². The second-order valence-electron chi connectivity index (χ2n) is 8.19. The zero-order valence-electron chi connectivity index (χ0n) is 16.4. The fraction of sp³-hybridized carbons (Fsp3) is 0.429. The summed E-state index contributed by atoms with van der Waals surface area (Å²) in [4.78, 5) is 10.0. The van der Waals surface area contributed by atoms with Gasteiger partial charge in [-0.25, -0.2) is 4.57 Å². The summed E-state index contributed by atoms with van der Waals surface area (Å²) in [5, 5.41) is 0. The Balaban J connectivity index is 2.08. The Morgan fingerprint density at radius 2 is 1.19 bits per heavy atom. The highest BCUT2D eigenvalue weighted by molar-refractivity contribution is 7.48. The zero-order chi connectivity index (χ0) is 19.6. The molecular formula is C21H29O4P. The largest absolute Gasteiger partial charge is 0.584 e. The first kappa shape index (κ1) is 20.5. The molecule has 0 aliphatic rings. The highest BCUT2D eigenvalue weighted by Gasteiger charge is 2.26. The Labute approximate surface area is 156 Å². The van der Waals surface area contributed by atoms with E-state index in [0.717, 1.165) is 17.5 Å². The van der Waals surface area contributed by atoms with Gasteiger partial charge in [0.05, 0.1) is 0 Å². The van der Waals surface area contributed by atoms with Crippen molar-refractivity contribution in [2.75, 3.05) is 0 Å². The Morgan fingerprint density at radius 1 is 0.808 bits per heavy atom. The van der Waals surface area contributed by atoms with Crippen LogP contribution in [0.2, 0.25) is 0 Å². The maximum absolute atomic E-state index is 12.3. The van der Waals surface area contributed by atoms with Gasteiger partial charge in [-0.15, -0.1) is 0 Å². The molecule has 0 aromatic heterocycles. The highest BCUT2D eigenvalue weighted by atomic mass is 31.2. The van der Waals surface area contributed by atoms with Gasteiger partial charge in [0.2, 0.25) is 0 Å². The minimum Gasteiger partial charge on any atom is -0.395 e. The molecule has 2 rings (SSSR count). The zero-order valence-corrected chi connectivity index (χ0v) is 17.3. The highest BCUT2D eigenvalue weighted by Crippen LogP contribution is 2.45. The molecule has 1 N–H and O–H groups in total. The van der Waals surface area contributed by atoms with Crippen molar-refractivity contribution < 1.29 is 18.5 Å². The monoisotopic (exact) mass is 376 g/mol. The van der Waals surface area contributed by atoms with Gasteiger partial charge in [-0.2, -0.15) is 0 Å². The van der Waals surface area contributed by atoms with E-state index in [2.05, 4.69) is 41.5 Å². The molecule has 0 spiro atoms. The lowest BCUT2D eigenvalue weighted by atomic mass is 9.82. The molecule has 142 valence electrons. The third-order valence-electron chi connectivity index (χ3n) is 4.68. The van der Waals surface area contributed by atoms with Crippen molar-refractivity contribution in [3.05, 3.63) is 59.7 Å². The molecule has 5 heteroatoms. The van der Waals surface area contributed by atoms with E-state index in [9.17, 15) is 9.46 Å². The third-order valence-corrected chi connectivity index (χ3v) is 5.56. The molecule has 0 aliphatic carbocycles. The summed E-state index contributed by atoms with van der Waals surface area (Å²) in [5.74, 6) is 0.602. The minimum absolute atomic E-state index is 0.00591. The first-order chi connectivity index (χ1) is 11.9. The first-order valence-corrected chi connectivity index (χ1v) is 10.4. The third kappa shape index (κ3) is 5.36. The summed E-state index contributed by atoms with van der Waals surface area (Å²) in [6.45, 7) is 12.8. The number of phosphoric ester groups is 1. The van der Waals surface area contributed by atoms with Gasteiger partial charge in [0.25, 0.3) is 0 Å². The maximum Gasteiger partial charge on any atom is 0.584 e. The van der Waals surface area contributed by atoms with Gasteiger partial charge < -0.3 is 9.05 Å². The van der Waals surface area contributed by atoms with E-state index in [0.29, 0.717) is 11.5 Å². The van der Waals surface area contributed by atoms with Crippen LogP contribution in [0.1, 0.15) is 59.1 Å². The van der Waals surface area contributed by atoms with Crippen LogP contribution in [0.15, 0.2) is 48.5 Å². The van der Waals surface area contributed by atoms with Crippen molar-refractivity contribution in [1.29, 1.82) is 0 Å². The van der Waals surface area contributed by atoms with Crippen LogP contribution in [-0.2, 0) is 15.4 Å². The smallest absolute Gasteiger partial charge is 0.395 e. The normalized spacial score (nSPS) is 14.6. The summed E-state index contributed by atoms with van der Waals surface area (Å²) < 4.78 is 22.7. The molecule has 0 saturated heterocycles. The van der Waals surface area contributed by atoms with E-state index >= 15 is 0 Å². The van der Waals surface area contributed by atoms with Gasteiger partial charge >= 0.3 is 7.82 Å². The van der Waals surface area contributed by atoms with Crippen molar-refractivity contribution in [2.24, 2.45) is 0 Å². The second kappa shape index (κ2) is 7.46. The number of benzene rings is 2. The molecule has 2 aromatic carbocycles. The van der Waals surface area contributed by atoms with Crippen LogP contribution in [-0.4, -0.2) is 4.89 Å². The molecule has 1 atom stereocenters.